The van der Waals surface area contributed by atoms with E-state index in [4.69, 9.17) is 4.74 Å². The van der Waals surface area contributed by atoms with Gasteiger partial charge in [-0.05, 0) is 48.0 Å². The van der Waals surface area contributed by atoms with Crippen LogP contribution in [0.1, 0.15) is 24.2 Å². The minimum absolute atomic E-state index is 0.00533. The summed E-state index contributed by atoms with van der Waals surface area (Å²) in [7, 11) is 0. The molecule has 0 fully saturated rings. The molecule has 1 aromatic carbocycles. The standard InChI is InChI=1S/C11H12BrFO2/c1-7(2)15-6-11(14)8-3-4-9(12)10(13)5-8/h3-5,7H,6H2,1-2H3. The average molecular weight is 275 g/mol. The number of ketones is 1. The third-order valence-corrected chi connectivity index (χ3v) is 2.43. The summed E-state index contributed by atoms with van der Waals surface area (Å²) in [6, 6.07) is 4.28. The fraction of sp³-hybridized carbons (Fsp3) is 0.364. The molecule has 0 amide bonds. The highest BCUT2D eigenvalue weighted by Crippen LogP contribution is 2.16. The zero-order chi connectivity index (χ0) is 11.4. The van der Waals surface area contributed by atoms with Gasteiger partial charge in [-0.25, -0.2) is 4.39 Å². The highest BCUT2D eigenvalue weighted by Gasteiger charge is 2.09. The lowest BCUT2D eigenvalue weighted by atomic mass is 10.1. The molecule has 2 nitrogen and oxygen atoms in total. The van der Waals surface area contributed by atoms with E-state index in [0.717, 1.165) is 0 Å². The number of rotatable bonds is 4. The van der Waals surface area contributed by atoms with Crippen LogP contribution in [-0.4, -0.2) is 18.5 Å². The molecule has 0 aromatic heterocycles. The van der Waals surface area contributed by atoms with E-state index in [1.54, 1.807) is 6.07 Å². The maximum atomic E-state index is 13.1. The van der Waals surface area contributed by atoms with Crippen molar-refractivity contribution in [1.82, 2.24) is 0 Å². The Labute approximate surface area is 96.6 Å². The molecule has 0 aliphatic carbocycles. The van der Waals surface area contributed by atoms with Crippen molar-refractivity contribution in [3.8, 4) is 0 Å². The molecule has 0 aliphatic heterocycles. The summed E-state index contributed by atoms with van der Waals surface area (Å²) in [5.41, 5.74) is 0.330. The van der Waals surface area contributed by atoms with Crippen LogP contribution in [0.5, 0.6) is 0 Å². The van der Waals surface area contributed by atoms with Crippen molar-refractivity contribution in [3.05, 3.63) is 34.1 Å². The van der Waals surface area contributed by atoms with Gasteiger partial charge >= 0.3 is 0 Å². The number of halogens is 2. The van der Waals surface area contributed by atoms with Crippen molar-refractivity contribution < 1.29 is 13.9 Å². The van der Waals surface area contributed by atoms with Crippen LogP contribution < -0.4 is 0 Å². The molecule has 1 aromatic rings. The molecule has 0 saturated heterocycles. The van der Waals surface area contributed by atoms with E-state index >= 15 is 0 Å². The Bertz CT molecular complexity index is 364. The second-order valence-corrected chi connectivity index (χ2v) is 4.27. The van der Waals surface area contributed by atoms with Crippen LogP contribution in [0.2, 0.25) is 0 Å². The van der Waals surface area contributed by atoms with E-state index in [0.29, 0.717) is 10.0 Å². The summed E-state index contributed by atoms with van der Waals surface area (Å²) in [5.74, 6) is -0.652. The Morgan fingerprint density at radius 1 is 1.53 bits per heavy atom. The van der Waals surface area contributed by atoms with Crippen molar-refractivity contribution in [2.45, 2.75) is 20.0 Å². The maximum absolute atomic E-state index is 13.1. The molecule has 15 heavy (non-hydrogen) atoms. The summed E-state index contributed by atoms with van der Waals surface area (Å²) in [6.45, 7) is 3.67. The van der Waals surface area contributed by atoms with Crippen LogP contribution in [0.4, 0.5) is 4.39 Å². The molecule has 0 radical (unpaired) electrons. The van der Waals surface area contributed by atoms with Crippen LogP contribution >= 0.6 is 15.9 Å². The van der Waals surface area contributed by atoms with Gasteiger partial charge < -0.3 is 4.74 Å². The fourth-order valence-electron chi connectivity index (χ4n) is 0.995. The summed E-state index contributed by atoms with van der Waals surface area (Å²) >= 11 is 3.02. The number of ether oxygens (including phenoxy) is 1. The molecule has 4 heteroatoms. The van der Waals surface area contributed by atoms with Gasteiger partial charge in [0.15, 0.2) is 5.78 Å². The molecule has 82 valence electrons. The number of hydrogen-bond donors (Lipinski definition) is 0. The van der Waals surface area contributed by atoms with Crippen molar-refractivity contribution in [2.75, 3.05) is 6.61 Å². The quantitative estimate of drug-likeness (QED) is 0.789. The minimum Gasteiger partial charge on any atom is -0.371 e. The Morgan fingerprint density at radius 3 is 2.73 bits per heavy atom. The van der Waals surface area contributed by atoms with Gasteiger partial charge in [0.05, 0.1) is 10.6 Å². The molecule has 0 unspecified atom stereocenters. The van der Waals surface area contributed by atoms with Gasteiger partial charge in [0.25, 0.3) is 0 Å². The third-order valence-electron chi connectivity index (χ3n) is 1.79. The first-order chi connectivity index (χ1) is 7.00. The highest BCUT2D eigenvalue weighted by atomic mass is 79.9. The van der Waals surface area contributed by atoms with Gasteiger partial charge in [-0.2, -0.15) is 0 Å². The molecule has 0 saturated carbocycles. The zero-order valence-corrected chi connectivity index (χ0v) is 10.2. The smallest absolute Gasteiger partial charge is 0.188 e. The number of hydrogen-bond acceptors (Lipinski definition) is 2. The highest BCUT2D eigenvalue weighted by molar-refractivity contribution is 9.10. The first kappa shape index (κ1) is 12.3. The molecular formula is C11H12BrFO2. The van der Waals surface area contributed by atoms with Crippen LogP contribution in [0, 0.1) is 5.82 Å². The fourth-order valence-corrected chi connectivity index (χ4v) is 1.24. The summed E-state index contributed by atoms with van der Waals surface area (Å²) in [6.07, 6.45) is -0.00533. The molecular weight excluding hydrogens is 263 g/mol. The first-order valence-corrected chi connectivity index (χ1v) is 5.40. The average Bonchev–Trinajstić information content (AvgIpc) is 2.18. The van der Waals surface area contributed by atoms with Gasteiger partial charge in [0.2, 0.25) is 0 Å². The van der Waals surface area contributed by atoms with Crippen LogP contribution in [-0.2, 0) is 4.74 Å². The van der Waals surface area contributed by atoms with Crippen LogP contribution in [0.25, 0.3) is 0 Å². The van der Waals surface area contributed by atoms with Crippen molar-refractivity contribution >= 4 is 21.7 Å². The maximum Gasteiger partial charge on any atom is 0.188 e. The monoisotopic (exact) mass is 274 g/mol. The Balaban J connectivity index is 2.70. The molecule has 0 aliphatic rings. The normalized spacial score (nSPS) is 10.7. The largest absolute Gasteiger partial charge is 0.371 e. The van der Waals surface area contributed by atoms with Gasteiger partial charge in [-0.3, -0.25) is 4.79 Å². The van der Waals surface area contributed by atoms with E-state index in [9.17, 15) is 9.18 Å². The number of Topliss-reactive ketones (excluding diaryl/α,β-unsaturated/α-hetero) is 1. The van der Waals surface area contributed by atoms with Gasteiger partial charge in [0, 0.05) is 5.56 Å². The van der Waals surface area contributed by atoms with E-state index < -0.39 is 5.82 Å². The molecule has 0 spiro atoms. The van der Waals surface area contributed by atoms with E-state index in [-0.39, 0.29) is 18.5 Å². The number of benzene rings is 1. The van der Waals surface area contributed by atoms with E-state index in [2.05, 4.69) is 15.9 Å². The topological polar surface area (TPSA) is 26.3 Å². The lowest BCUT2D eigenvalue weighted by molar-refractivity contribution is 0.0584. The zero-order valence-electron chi connectivity index (χ0n) is 8.59. The molecule has 0 N–H and O–H groups in total. The van der Waals surface area contributed by atoms with Crippen molar-refractivity contribution in [2.24, 2.45) is 0 Å². The molecule has 1 rings (SSSR count). The number of carbonyl (C=O) groups is 1. The second-order valence-electron chi connectivity index (χ2n) is 3.41. The molecule has 0 bridgehead atoms. The first-order valence-electron chi connectivity index (χ1n) is 4.60. The van der Waals surface area contributed by atoms with Crippen molar-refractivity contribution in [1.29, 1.82) is 0 Å². The minimum atomic E-state index is -0.439. The predicted octanol–water partition coefficient (Wildman–Crippen LogP) is 3.20. The number of carbonyl (C=O) groups excluding carboxylic acids is 1. The molecule has 0 atom stereocenters. The summed E-state index contributed by atoms with van der Waals surface area (Å²) in [4.78, 5) is 11.5. The van der Waals surface area contributed by atoms with Crippen LogP contribution in [0.3, 0.4) is 0 Å². The second kappa shape index (κ2) is 5.37. The van der Waals surface area contributed by atoms with Crippen LogP contribution in [0.15, 0.2) is 22.7 Å². The Kier molecular flexibility index (Phi) is 4.42. The predicted molar refractivity (Wildman–Crippen MR) is 59.5 cm³/mol. The molecule has 0 heterocycles. The van der Waals surface area contributed by atoms with E-state index in [1.165, 1.54) is 12.1 Å². The van der Waals surface area contributed by atoms with Gasteiger partial charge in [-0.15, -0.1) is 0 Å². The van der Waals surface area contributed by atoms with Gasteiger partial charge in [0.1, 0.15) is 12.4 Å². The third kappa shape index (κ3) is 3.72. The summed E-state index contributed by atoms with van der Waals surface area (Å²) in [5, 5.41) is 0. The Hall–Kier alpha value is -0.740. The summed E-state index contributed by atoms with van der Waals surface area (Å²) < 4.78 is 18.6. The lowest BCUT2D eigenvalue weighted by Crippen LogP contribution is -2.13. The SMILES string of the molecule is CC(C)OCC(=O)c1ccc(Br)c(F)c1. The lowest BCUT2D eigenvalue weighted by Gasteiger charge is -2.06. The van der Waals surface area contributed by atoms with E-state index in [1.807, 2.05) is 13.8 Å². The Morgan fingerprint density at radius 2 is 2.20 bits per heavy atom. The van der Waals surface area contributed by atoms with Crippen molar-refractivity contribution in [3.63, 3.8) is 0 Å². The van der Waals surface area contributed by atoms with Gasteiger partial charge in [-0.1, -0.05) is 0 Å².